The van der Waals surface area contributed by atoms with E-state index in [0.717, 1.165) is 7.11 Å². The van der Waals surface area contributed by atoms with Gasteiger partial charge in [-0.15, -0.1) is 0 Å². The summed E-state index contributed by atoms with van der Waals surface area (Å²) in [5.74, 6) is -2.77. The second-order valence-corrected chi connectivity index (χ2v) is 2.59. The van der Waals surface area contributed by atoms with E-state index in [1.54, 1.807) is 13.8 Å². The fourth-order valence-electron chi connectivity index (χ4n) is 0.872. The van der Waals surface area contributed by atoms with Crippen LogP contribution < -0.4 is 0 Å². The minimum atomic E-state index is -1.11. The lowest BCUT2D eigenvalue weighted by Crippen LogP contribution is -2.28. The molecule has 0 N–H and O–H groups in total. The summed E-state index contributed by atoms with van der Waals surface area (Å²) < 4.78 is 13.0. The summed E-state index contributed by atoms with van der Waals surface area (Å²) in [5.41, 5.74) is 0. The maximum absolute atomic E-state index is 11.2. The fourth-order valence-corrected chi connectivity index (χ4v) is 0.872. The quantitative estimate of drug-likeness (QED) is 0.515. The topological polar surface area (TPSA) is 78.9 Å². The standard InChI is InChI=1S/C9H14O6/c1-4-6(7(10)13-3)8(11)15-9(12)14-5-2/h6H,4-5H2,1-3H3. The van der Waals surface area contributed by atoms with Crippen molar-refractivity contribution in [1.29, 1.82) is 0 Å². The Kier molecular flexibility index (Phi) is 6.08. The van der Waals surface area contributed by atoms with Crippen molar-refractivity contribution in [2.24, 2.45) is 5.92 Å². The molecule has 6 nitrogen and oxygen atoms in total. The summed E-state index contributed by atoms with van der Waals surface area (Å²) in [4.78, 5) is 33.1. The molecule has 0 spiro atoms. The Labute approximate surface area is 87.5 Å². The maximum atomic E-state index is 11.2. The summed E-state index contributed by atoms with van der Waals surface area (Å²) in [6.07, 6.45) is -0.907. The lowest BCUT2D eigenvalue weighted by Gasteiger charge is -2.10. The molecule has 1 unspecified atom stereocenters. The minimum Gasteiger partial charge on any atom is -0.468 e. The van der Waals surface area contributed by atoms with Crippen LogP contribution in [0, 0.1) is 5.92 Å². The first-order valence-electron chi connectivity index (χ1n) is 4.53. The third kappa shape index (κ3) is 4.44. The third-order valence-electron chi connectivity index (χ3n) is 1.62. The SMILES string of the molecule is CCOC(=O)OC(=O)C(CC)C(=O)OC. The molecule has 0 aliphatic heterocycles. The number of carbonyl (C=O) groups excluding carboxylic acids is 3. The van der Waals surface area contributed by atoms with Crippen LogP contribution in [0.2, 0.25) is 0 Å². The van der Waals surface area contributed by atoms with Crippen molar-refractivity contribution in [1.82, 2.24) is 0 Å². The van der Waals surface area contributed by atoms with Gasteiger partial charge in [0.1, 0.15) is 0 Å². The monoisotopic (exact) mass is 218 g/mol. The number of rotatable bonds is 4. The lowest BCUT2D eigenvalue weighted by atomic mass is 10.1. The number of esters is 2. The molecule has 86 valence electrons. The van der Waals surface area contributed by atoms with Crippen molar-refractivity contribution in [3.63, 3.8) is 0 Å². The molecule has 0 aromatic heterocycles. The Morgan fingerprint density at radius 2 is 1.73 bits per heavy atom. The predicted molar refractivity (Wildman–Crippen MR) is 48.9 cm³/mol. The zero-order valence-corrected chi connectivity index (χ0v) is 8.94. The average Bonchev–Trinajstić information content (AvgIpc) is 2.18. The Morgan fingerprint density at radius 3 is 2.13 bits per heavy atom. The number of hydrogen-bond donors (Lipinski definition) is 0. The van der Waals surface area contributed by atoms with Crippen LogP contribution in [0.3, 0.4) is 0 Å². The summed E-state index contributed by atoms with van der Waals surface area (Å²) >= 11 is 0. The largest absolute Gasteiger partial charge is 0.516 e. The normalized spacial score (nSPS) is 11.4. The van der Waals surface area contributed by atoms with Gasteiger partial charge in [-0.05, 0) is 13.3 Å². The predicted octanol–water partition coefficient (Wildman–Crippen LogP) is 0.885. The van der Waals surface area contributed by atoms with Crippen molar-refractivity contribution in [2.75, 3.05) is 13.7 Å². The first-order valence-corrected chi connectivity index (χ1v) is 4.53. The number of ether oxygens (including phenoxy) is 3. The molecule has 1 atom stereocenters. The van der Waals surface area contributed by atoms with Gasteiger partial charge < -0.3 is 14.2 Å². The van der Waals surface area contributed by atoms with E-state index in [9.17, 15) is 14.4 Å². The molecule has 0 saturated heterocycles. The molecule has 0 amide bonds. The summed E-state index contributed by atoms with van der Waals surface area (Å²) in [6, 6.07) is 0. The second kappa shape index (κ2) is 6.80. The van der Waals surface area contributed by atoms with Crippen LogP contribution in [0.1, 0.15) is 20.3 Å². The molecule has 0 aromatic rings. The van der Waals surface area contributed by atoms with Gasteiger partial charge in [0, 0.05) is 0 Å². The number of methoxy groups -OCH3 is 1. The van der Waals surface area contributed by atoms with Crippen molar-refractivity contribution >= 4 is 18.1 Å². The fraction of sp³-hybridized carbons (Fsp3) is 0.667. The first kappa shape index (κ1) is 13.4. The van der Waals surface area contributed by atoms with Gasteiger partial charge in [0.25, 0.3) is 0 Å². The van der Waals surface area contributed by atoms with Gasteiger partial charge in [0.05, 0.1) is 13.7 Å². The molecule has 0 heterocycles. The Hall–Kier alpha value is -1.59. The van der Waals surface area contributed by atoms with E-state index in [1.807, 2.05) is 0 Å². The van der Waals surface area contributed by atoms with E-state index < -0.39 is 24.0 Å². The van der Waals surface area contributed by atoms with Crippen LogP contribution in [-0.2, 0) is 23.8 Å². The highest BCUT2D eigenvalue weighted by Crippen LogP contribution is 2.08. The van der Waals surface area contributed by atoms with Gasteiger partial charge in [0.2, 0.25) is 0 Å². The molecular formula is C9H14O6. The Bertz CT molecular complexity index is 247. The van der Waals surface area contributed by atoms with Crippen LogP contribution in [0.5, 0.6) is 0 Å². The van der Waals surface area contributed by atoms with Crippen molar-refractivity contribution in [3.05, 3.63) is 0 Å². The summed E-state index contributed by atoms with van der Waals surface area (Å²) in [6.45, 7) is 3.28. The Morgan fingerprint density at radius 1 is 1.13 bits per heavy atom. The molecular weight excluding hydrogens is 204 g/mol. The molecule has 0 fully saturated rings. The van der Waals surface area contributed by atoms with Gasteiger partial charge in [-0.2, -0.15) is 0 Å². The number of hydrogen-bond acceptors (Lipinski definition) is 6. The van der Waals surface area contributed by atoms with Crippen molar-refractivity contribution in [3.8, 4) is 0 Å². The van der Waals surface area contributed by atoms with Crippen LogP contribution >= 0.6 is 0 Å². The van der Waals surface area contributed by atoms with E-state index in [-0.39, 0.29) is 13.0 Å². The van der Waals surface area contributed by atoms with E-state index in [4.69, 9.17) is 0 Å². The zero-order chi connectivity index (χ0) is 11.8. The highest BCUT2D eigenvalue weighted by atomic mass is 16.7. The smallest absolute Gasteiger partial charge is 0.468 e. The van der Waals surface area contributed by atoms with Crippen molar-refractivity contribution < 1.29 is 28.6 Å². The summed E-state index contributed by atoms with van der Waals surface area (Å²) in [5, 5.41) is 0. The van der Waals surface area contributed by atoms with Gasteiger partial charge in [0.15, 0.2) is 5.92 Å². The highest BCUT2D eigenvalue weighted by Gasteiger charge is 2.29. The highest BCUT2D eigenvalue weighted by molar-refractivity contribution is 5.98. The molecule has 0 aliphatic rings. The molecule has 0 rings (SSSR count). The molecule has 6 heteroatoms. The van der Waals surface area contributed by atoms with E-state index in [2.05, 4.69) is 14.2 Å². The van der Waals surface area contributed by atoms with Crippen LogP contribution in [0.15, 0.2) is 0 Å². The molecule has 0 aromatic carbocycles. The molecule has 0 radical (unpaired) electrons. The summed E-state index contributed by atoms with van der Waals surface area (Å²) in [7, 11) is 1.16. The van der Waals surface area contributed by atoms with Gasteiger partial charge >= 0.3 is 18.1 Å². The second-order valence-electron chi connectivity index (χ2n) is 2.59. The molecule has 0 saturated carbocycles. The van der Waals surface area contributed by atoms with Crippen LogP contribution in [-0.4, -0.2) is 31.8 Å². The zero-order valence-electron chi connectivity index (χ0n) is 8.94. The van der Waals surface area contributed by atoms with Crippen molar-refractivity contribution in [2.45, 2.75) is 20.3 Å². The van der Waals surface area contributed by atoms with E-state index in [1.165, 1.54) is 0 Å². The third-order valence-corrected chi connectivity index (χ3v) is 1.62. The van der Waals surface area contributed by atoms with Gasteiger partial charge in [-0.25, -0.2) is 4.79 Å². The average molecular weight is 218 g/mol. The lowest BCUT2D eigenvalue weighted by molar-refractivity contribution is -0.158. The van der Waals surface area contributed by atoms with E-state index >= 15 is 0 Å². The minimum absolute atomic E-state index is 0.0983. The van der Waals surface area contributed by atoms with Gasteiger partial charge in [-0.3, -0.25) is 9.59 Å². The van der Waals surface area contributed by atoms with E-state index in [0.29, 0.717) is 0 Å². The van der Waals surface area contributed by atoms with Crippen LogP contribution in [0.25, 0.3) is 0 Å². The maximum Gasteiger partial charge on any atom is 0.516 e. The number of carbonyl (C=O) groups is 3. The molecule has 0 aliphatic carbocycles. The van der Waals surface area contributed by atoms with Gasteiger partial charge in [-0.1, -0.05) is 6.92 Å². The van der Waals surface area contributed by atoms with Crippen LogP contribution in [0.4, 0.5) is 4.79 Å². The Balaban J connectivity index is 4.28. The first-order chi connectivity index (χ1) is 7.06. The molecule has 15 heavy (non-hydrogen) atoms. The molecule has 0 bridgehead atoms.